The third-order valence-corrected chi connectivity index (χ3v) is 3.40. The number of nitrogens with two attached hydrogens (primary N) is 1. The molecule has 2 amide bonds. The minimum Gasteiger partial charge on any atom is -0.381 e. The van der Waals surface area contributed by atoms with Gasteiger partial charge in [-0.05, 0) is 13.0 Å². The zero-order chi connectivity index (χ0) is 14.7. The molecule has 7 nitrogen and oxygen atoms in total. The van der Waals surface area contributed by atoms with Crippen molar-refractivity contribution in [2.24, 2.45) is 5.73 Å². The number of rotatable bonds is 5. The van der Waals surface area contributed by atoms with E-state index in [1.54, 1.807) is 12.3 Å². The van der Waals surface area contributed by atoms with E-state index < -0.39 is 17.9 Å². The maximum Gasteiger partial charge on any atom is 0.267 e. The van der Waals surface area contributed by atoms with Crippen molar-refractivity contribution < 1.29 is 14.7 Å². The van der Waals surface area contributed by atoms with Gasteiger partial charge in [0.15, 0.2) is 0 Å². The van der Waals surface area contributed by atoms with Crippen LogP contribution in [0.25, 0.3) is 11.3 Å². The van der Waals surface area contributed by atoms with Gasteiger partial charge in [0.1, 0.15) is 11.8 Å². The van der Waals surface area contributed by atoms with Gasteiger partial charge in [-0.1, -0.05) is 0 Å². The molecule has 0 aliphatic carbocycles. The van der Waals surface area contributed by atoms with E-state index in [1.807, 2.05) is 12.3 Å². The average Bonchev–Trinajstić information content (AvgIpc) is 3.03. The number of carbonyl (C=O) groups is 2. The van der Waals surface area contributed by atoms with E-state index in [0.29, 0.717) is 5.69 Å². The largest absolute Gasteiger partial charge is 0.381 e. The van der Waals surface area contributed by atoms with Crippen molar-refractivity contribution in [3.8, 4) is 11.3 Å². The normalized spacial score (nSPS) is 12.1. The third-order valence-electron chi connectivity index (χ3n) is 2.63. The number of aromatic nitrogens is 2. The Kier molecular flexibility index (Phi) is 4.16. The number of hydrogen-bond donors (Lipinski definition) is 4. The molecular formula is C12H14N4O3S. The molecule has 0 saturated carbocycles. The number of nitrogens with zero attached hydrogens (tertiary/aromatic N) is 1. The van der Waals surface area contributed by atoms with Crippen LogP contribution < -0.4 is 11.1 Å². The first-order valence-electron chi connectivity index (χ1n) is 5.84. The minimum atomic E-state index is -1.39. The lowest BCUT2D eigenvalue weighted by atomic mass is 10.2. The fraction of sp³-hybridized carbons (Fsp3) is 0.250. The Morgan fingerprint density at radius 3 is 2.95 bits per heavy atom. The highest BCUT2D eigenvalue weighted by Crippen LogP contribution is 2.22. The molecule has 2 rings (SSSR count). The lowest BCUT2D eigenvalue weighted by Gasteiger charge is -2.07. The molecule has 20 heavy (non-hydrogen) atoms. The van der Waals surface area contributed by atoms with Crippen LogP contribution in [0.15, 0.2) is 17.6 Å². The molecule has 0 bridgehead atoms. The zero-order valence-electron chi connectivity index (χ0n) is 10.7. The minimum absolute atomic E-state index is 0.224. The Hall–Kier alpha value is -2.19. The number of hydrogen-bond acceptors (Lipinski definition) is 5. The van der Waals surface area contributed by atoms with Crippen molar-refractivity contribution in [3.63, 3.8) is 0 Å². The fourth-order valence-corrected chi connectivity index (χ4v) is 2.18. The summed E-state index contributed by atoms with van der Waals surface area (Å²) in [5.74, 6) is -1.31. The van der Waals surface area contributed by atoms with Crippen LogP contribution in [0.4, 0.5) is 0 Å². The van der Waals surface area contributed by atoms with E-state index in [0.717, 1.165) is 16.3 Å². The SMILES string of the molecule is Cc1nc(-c2c[nH]c(C(=O)NCC(O)C(N)=O)c2)cs1. The number of amides is 2. The number of nitrogens with one attached hydrogen (secondary N) is 2. The van der Waals surface area contributed by atoms with Crippen molar-refractivity contribution in [2.75, 3.05) is 6.54 Å². The molecule has 0 radical (unpaired) electrons. The predicted molar refractivity (Wildman–Crippen MR) is 74.2 cm³/mol. The standard InChI is InChI=1S/C12H14N4O3S/c1-6-16-9(5-20-6)7-2-8(14-3-7)12(19)15-4-10(17)11(13)18/h2-3,5,10,14,17H,4H2,1H3,(H2,13,18)(H,15,19). The molecule has 0 fully saturated rings. The van der Waals surface area contributed by atoms with E-state index >= 15 is 0 Å². The van der Waals surface area contributed by atoms with Crippen LogP contribution in [-0.2, 0) is 4.79 Å². The highest BCUT2D eigenvalue weighted by atomic mass is 32.1. The van der Waals surface area contributed by atoms with E-state index in [4.69, 9.17) is 5.73 Å². The second kappa shape index (κ2) is 5.85. The summed E-state index contributed by atoms with van der Waals surface area (Å²) in [7, 11) is 0. The first-order valence-corrected chi connectivity index (χ1v) is 6.72. The van der Waals surface area contributed by atoms with Crippen molar-refractivity contribution in [3.05, 3.63) is 28.3 Å². The smallest absolute Gasteiger partial charge is 0.267 e. The lowest BCUT2D eigenvalue weighted by Crippen LogP contribution is -2.40. The van der Waals surface area contributed by atoms with Crippen molar-refractivity contribution in [2.45, 2.75) is 13.0 Å². The number of thiazole rings is 1. The molecule has 1 unspecified atom stereocenters. The molecule has 0 spiro atoms. The van der Waals surface area contributed by atoms with Crippen LogP contribution in [-0.4, -0.2) is 39.5 Å². The maximum absolute atomic E-state index is 11.8. The van der Waals surface area contributed by atoms with E-state index in [-0.39, 0.29) is 6.54 Å². The number of aliphatic hydroxyl groups excluding tert-OH is 1. The zero-order valence-corrected chi connectivity index (χ0v) is 11.5. The lowest BCUT2D eigenvalue weighted by molar-refractivity contribution is -0.125. The number of aryl methyl sites for hydroxylation is 1. The highest BCUT2D eigenvalue weighted by Gasteiger charge is 2.15. The number of aromatic amines is 1. The fourth-order valence-electron chi connectivity index (χ4n) is 1.55. The quantitative estimate of drug-likeness (QED) is 0.621. The first-order chi connectivity index (χ1) is 9.47. The van der Waals surface area contributed by atoms with Gasteiger partial charge in [0.05, 0.1) is 17.2 Å². The van der Waals surface area contributed by atoms with Gasteiger partial charge in [-0.25, -0.2) is 4.98 Å². The van der Waals surface area contributed by atoms with Crippen LogP contribution in [0.1, 0.15) is 15.5 Å². The predicted octanol–water partition coefficient (Wildman–Crippen LogP) is 0.0226. The Morgan fingerprint density at radius 2 is 2.35 bits per heavy atom. The summed E-state index contributed by atoms with van der Waals surface area (Å²) in [6.45, 7) is 1.68. The number of aliphatic hydroxyl groups is 1. The van der Waals surface area contributed by atoms with Crippen LogP contribution in [0.3, 0.4) is 0 Å². The van der Waals surface area contributed by atoms with E-state index in [2.05, 4.69) is 15.3 Å². The summed E-state index contributed by atoms with van der Waals surface area (Å²) in [5, 5.41) is 14.5. The van der Waals surface area contributed by atoms with Crippen molar-refractivity contribution in [1.82, 2.24) is 15.3 Å². The molecule has 0 aliphatic rings. The Bertz CT molecular complexity index is 634. The van der Waals surface area contributed by atoms with Crippen LogP contribution in [0.5, 0.6) is 0 Å². The van der Waals surface area contributed by atoms with Crippen molar-refractivity contribution >= 4 is 23.2 Å². The van der Waals surface area contributed by atoms with Gasteiger partial charge in [0.25, 0.3) is 5.91 Å². The molecule has 0 aromatic carbocycles. The second-order valence-electron chi connectivity index (χ2n) is 4.18. The summed E-state index contributed by atoms with van der Waals surface area (Å²) in [6.07, 6.45) is 0.281. The van der Waals surface area contributed by atoms with Gasteiger partial charge in [0.2, 0.25) is 5.91 Å². The Labute approximate surface area is 118 Å². The van der Waals surface area contributed by atoms with Crippen LogP contribution in [0.2, 0.25) is 0 Å². The van der Waals surface area contributed by atoms with E-state index in [9.17, 15) is 14.7 Å². The molecule has 8 heteroatoms. The number of carbonyl (C=O) groups excluding carboxylic acids is 2. The van der Waals surface area contributed by atoms with Gasteiger partial charge in [-0.3, -0.25) is 9.59 Å². The summed E-state index contributed by atoms with van der Waals surface area (Å²) in [5.41, 5.74) is 6.80. The van der Waals surface area contributed by atoms with Gasteiger partial charge < -0.3 is 21.1 Å². The molecule has 0 aliphatic heterocycles. The average molecular weight is 294 g/mol. The molecule has 2 heterocycles. The number of H-pyrrole nitrogens is 1. The van der Waals surface area contributed by atoms with Gasteiger partial charge in [-0.2, -0.15) is 0 Å². The van der Waals surface area contributed by atoms with Crippen LogP contribution in [0, 0.1) is 6.92 Å². The van der Waals surface area contributed by atoms with Gasteiger partial charge in [-0.15, -0.1) is 11.3 Å². The highest BCUT2D eigenvalue weighted by molar-refractivity contribution is 7.09. The third kappa shape index (κ3) is 3.22. The molecule has 5 N–H and O–H groups in total. The summed E-state index contributed by atoms with van der Waals surface area (Å²) in [4.78, 5) is 29.6. The molecular weight excluding hydrogens is 280 g/mol. The molecule has 106 valence electrons. The number of primary amides is 1. The molecule has 0 saturated heterocycles. The Balaban J connectivity index is 2.01. The Morgan fingerprint density at radius 1 is 1.60 bits per heavy atom. The first kappa shape index (κ1) is 14.2. The second-order valence-corrected chi connectivity index (χ2v) is 5.24. The monoisotopic (exact) mass is 294 g/mol. The van der Waals surface area contributed by atoms with Gasteiger partial charge >= 0.3 is 0 Å². The summed E-state index contributed by atoms with van der Waals surface area (Å²) < 4.78 is 0. The topological polar surface area (TPSA) is 121 Å². The molecule has 2 aromatic heterocycles. The van der Waals surface area contributed by atoms with Gasteiger partial charge in [0, 0.05) is 17.1 Å². The summed E-state index contributed by atoms with van der Waals surface area (Å²) >= 11 is 1.52. The molecule has 1 atom stereocenters. The molecule has 2 aromatic rings. The maximum atomic E-state index is 11.8. The summed E-state index contributed by atoms with van der Waals surface area (Å²) in [6, 6.07) is 1.65. The van der Waals surface area contributed by atoms with E-state index in [1.165, 1.54) is 11.3 Å². The van der Waals surface area contributed by atoms with Crippen molar-refractivity contribution in [1.29, 1.82) is 0 Å². The van der Waals surface area contributed by atoms with Crippen LogP contribution >= 0.6 is 11.3 Å².